The Hall–Kier alpha value is -0.830. The van der Waals surface area contributed by atoms with Crippen LogP contribution in [0.1, 0.15) is 12.8 Å². The molecular formula is C7H10N2O. The molecule has 1 fully saturated rings. The van der Waals surface area contributed by atoms with Gasteiger partial charge in [-0.3, -0.25) is 4.79 Å². The monoisotopic (exact) mass is 138 g/mol. The fourth-order valence-corrected chi connectivity index (χ4v) is 1.35. The Morgan fingerprint density at radius 1 is 1.30 bits per heavy atom. The van der Waals surface area contributed by atoms with Crippen LogP contribution in [0.2, 0.25) is 0 Å². The lowest BCUT2D eigenvalue weighted by Gasteiger charge is -2.31. The van der Waals surface area contributed by atoms with Crippen LogP contribution in [0.4, 0.5) is 0 Å². The number of hydrogen-bond donors (Lipinski definition) is 0. The van der Waals surface area contributed by atoms with Crippen LogP contribution in [0.3, 0.4) is 0 Å². The number of nitrogens with zero attached hydrogens (tertiary/aromatic N) is 2. The van der Waals surface area contributed by atoms with E-state index >= 15 is 0 Å². The second kappa shape index (κ2) is 2.09. The zero-order chi connectivity index (χ0) is 6.97. The highest BCUT2D eigenvalue weighted by molar-refractivity contribution is 5.93. The van der Waals surface area contributed by atoms with Crippen molar-refractivity contribution in [1.82, 2.24) is 10.0 Å². The van der Waals surface area contributed by atoms with Crippen molar-refractivity contribution in [1.29, 1.82) is 0 Å². The predicted octanol–water partition coefficient (Wildman–Crippen LogP) is 0.353. The molecule has 0 radical (unpaired) electrons. The molecule has 0 aromatic rings. The molecule has 2 rings (SSSR count). The molecule has 1 amide bonds. The van der Waals surface area contributed by atoms with Crippen molar-refractivity contribution >= 4 is 5.91 Å². The summed E-state index contributed by atoms with van der Waals surface area (Å²) in [6.07, 6.45) is 5.86. The summed E-state index contributed by atoms with van der Waals surface area (Å²) in [7, 11) is 0. The van der Waals surface area contributed by atoms with Gasteiger partial charge in [0, 0.05) is 25.4 Å². The molecule has 2 aliphatic heterocycles. The first kappa shape index (κ1) is 5.92. The van der Waals surface area contributed by atoms with Gasteiger partial charge in [-0.2, -0.15) is 0 Å². The van der Waals surface area contributed by atoms with Crippen LogP contribution in [0.15, 0.2) is 12.3 Å². The molecule has 0 unspecified atom stereocenters. The Bertz CT molecular complexity index is 182. The summed E-state index contributed by atoms with van der Waals surface area (Å²) in [6, 6.07) is 0. The van der Waals surface area contributed by atoms with Gasteiger partial charge in [0.2, 0.25) is 0 Å². The number of hydrogen-bond acceptors (Lipinski definition) is 2. The topological polar surface area (TPSA) is 23.6 Å². The van der Waals surface area contributed by atoms with Crippen LogP contribution in [0.25, 0.3) is 0 Å². The SMILES string of the molecule is O=C1C=CN1N1CCCC1. The van der Waals surface area contributed by atoms with Crippen LogP contribution in [0, 0.1) is 0 Å². The molecule has 0 aromatic carbocycles. The zero-order valence-corrected chi connectivity index (χ0v) is 5.79. The first-order valence-corrected chi connectivity index (χ1v) is 3.64. The second-order valence-electron chi connectivity index (χ2n) is 2.66. The minimum Gasteiger partial charge on any atom is -0.268 e. The number of amides is 1. The fourth-order valence-electron chi connectivity index (χ4n) is 1.35. The second-order valence-corrected chi connectivity index (χ2v) is 2.66. The van der Waals surface area contributed by atoms with E-state index in [4.69, 9.17) is 0 Å². The van der Waals surface area contributed by atoms with Crippen LogP contribution < -0.4 is 0 Å². The average Bonchev–Trinajstić information content (AvgIpc) is 2.37. The molecule has 0 atom stereocenters. The van der Waals surface area contributed by atoms with Gasteiger partial charge in [-0.25, -0.2) is 10.0 Å². The Labute approximate surface area is 59.9 Å². The lowest BCUT2D eigenvalue weighted by Crippen LogP contribution is -2.44. The summed E-state index contributed by atoms with van der Waals surface area (Å²) in [6.45, 7) is 2.08. The van der Waals surface area contributed by atoms with Crippen molar-refractivity contribution < 1.29 is 4.79 Å². The summed E-state index contributed by atoms with van der Waals surface area (Å²) in [5.74, 6) is 0.127. The molecule has 3 nitrogen and oxygen atoms in total. The molecule has 0 spiro atoms. The largest absolute Gasteiger partial charge is 0.268 e. The smallest absolute Gasteiger partial charge is 0.266 e. The van der Waals surface area contributed by atoms with E-state index in [1.807, 2.05) is 6.20 Å². The maximum atomic E-state index is 10.8. The normalized spacial score (nSPS) is 25.6. The Morgan fingerprint density at radius 3 is 2.40 bits per heavy atom. The predicted molar refractivity (Wildman–Crippen MR) is 36.8 cm³/mol. The van der Waals surface area contributed by atoms with Gasteiger partial charge in [0.1, 0.15) is 0 Å². The van der Waals surface area contributed by atoms with Gasteiger partial charge < -0.3 is 0 Å². The molecular weight excluding hydrogens is 128 g/mol. The van der Waals surface area contributed by atoms with Crippen LogP contribution in [-0.2, 0) is 4.79 Å². The lowest BCUT2D eigenvalue weighted by atomic mass is 10.4. The van der Waals surface area contributed by atoms with Gasteiger partial charge in [0.25, 0.3) is 5.91 Å². The molecule has 0 saturated carbocycles. The quantitative estimate of drug-likeness (QED) is 0.522. The molecule has 54 valence electrons. The number of rotatable bonds is 1. The van der Waals surface area contributed by atoms with Crippen molar-refractivity contribution in [3.63, 3.8) is 0 Å². The highest BCUT2D eigenvalue weighted by Crippen LogP contribution is 2.15. The van der Waals surface area contributed by atoms with Crippen LogP contribution in [0.5, 0.6) is 0 Å². The van der Waals surface area contributed by atoms with Crippen molar-refractivity contribution in [3.8, 4) is 0 Å². The lowest BCUT2D eigenvalue weighted by molar-refractivity contribution is -0.139. The minimum absolute atomic E-state index is 0.127. The fraction of sp³-hybridized carbons (Fsp3) is 0.571. The first-order valence-electron chi connectivity index (χ1n) is 3.64. The van der Waals surface area contributed by atoms with E-state index in [1.54, 1.807) is 11.1 Å². The number of carbonyl (C=O) groups is 1. The summed E-state index contributed by atoms with van der Waals surface area (Å²) in [4.78, 5) is 10.8. The third-order valence-corrected chi connectivity index (χ3v) is 1.97. The average molecular weight is 138 g/mol. The third kappa shape index (κ3) is 0.743. The molecule has 0 aliphatic carbocycles. The van der Waals surface area contributed by atoms with Gasteiger partial charge in [-0.05, 0) is 12.8 Å². The molecule has 2 aliphatic rings. The highest BCUT2D eigenvalue weighted by atomic mass is 16.2. The van der Waals surface area contributed by atoms with Crippen molar-refractivity contribution in [2.24, 2.45) is 0 Å². The van der Waals surface area contributed by atoms with Gasteiger partial charge in [-0.1, -0.05) is 0 Å². The molecule has 2 heterocycles. The Morgan fingerprint density at radius 2 is 2.00 bits per heavy atom. The first-order chi connectivity index (χ1) is 4.88. The van der Waals surface area contributed by atoms with Crippen LogP contribution >= 0.6 is 0 Å². The Balaban J connectivity index is 1.99. The molecule has 0 bridgehead atoms. The van der Waals surface area contributed by atoms with Crippen molar-refractivity contribution in [2.75, 3.05) is 13.1 Å². The zero-order valence-electron chi connectivity index (χ0n) is 5.79. The summed E-state index contributed by atoms with van der Waals surface area (Å²) in [5, 5.41) is 3.79. The summed E-state index contributed by atoms with van der Waals surface area (Å²) in [5.41, 5.74) is 0. The van der Waals surface area contributed by atoms with Gasteiger partial charge in [-0.15, -0.1) is 0 Å². The van der Waals surface area contributed by atoms with Gasteiger partial charge in [0.05, 0.1) is 0 Å². The van der Waals surface area contributed by atoms with Crippen molar-refractivity contribution in [2.45, 2.75) is 12.8 Å². The third-order valence-electron chi connectivity index (χ3n) is 1.97. The van der Waals surface area contributed by atoms with E-state index in [1.165, 1.54) is 12.8 Å². The maximum Gasteiger partial charge on any atom is 0.266 e. The van der Waals surface area contributed by atoms with Gasteiger partial charge >= 0.3 is 0 Å². The van der Waals surface area contributed by atoms with E-state index < -0.39 is 0 Å². The van der Waals surface area contributed by atoms with E-state index in [2.05, 4.69) is 5.01 Å². The molecule has 10 heavy (non-hydrogen) atoms. The standard InChI is InChI=1S/C7H10N2O/c10-7-3-6-9(7)8-4-1-2-5-8/h3,6H,1-2,4-5H2. The summed E-state index contributed by atoms with van der Waals surface area (Å²) < 4.78 is 0. The van der Waals surface area contributed by atoms with Gasteiger partial charge in [0.15, 0.2) is 0 Å². The molecule has 1 saturated heterocycles. The molecule has 0 aromatic heterocycles. The molecule has 3 heteroatoms. The van der Waals surface area contributed by atoms with E-state index in [0.29, 0.717) is 0 Å². The number of carbonyl (C=O) groups excluding carboxylic acids is 1. The minimum atomic E-state index is 0.127. The summed E-state index contributed by atoms with van der Waals surface area (Å²) >= 11 is 0. The van der Waals surface area contributed by atoms with E-state index in [-0.39, 0.29) is 5.91 Å². The maximum absolute atomic E-state index is 10.8. The van der Waals surface area contributed by atoms with E-state index in [0.717, 1.165) is 13.1 Å². The highest BCUT2D eigenvalue weighted by Gasteiger charge is 2.25. The Kier molecular flexibility index (Phi) is 1.24. The molecule has 0 N–H and O–H groups in total. The van der Waals surface area contributed by atoms with Crippen molar-refractivity contribution in [3.05, 3.63) is 12.3 Å². The van der Waals surface area contributed by atoms with Crippen LogP contribution in [-0.4, -0.2) is 29.0 Å². The van der Waals surface area contributed by atoms with E-state index in [9.17, 15) is 4.79 Å². The number of hydrazine groups is 1.